The van der Waals surface area contributed by atoms with Crippen LogP contribution in [0.25, 0.3) is 0 Å². The van der Waals surface area contributed by atoms with Gasteiger partial charge in [0.15, 0.2) is 6.04 Å². The third kappa shape index (κ3) is 4.44. The normalized spacial score (nSPS) is 12.8. The first-order chi connectivity index (χ1) is 8.04. The van der Waals surface area contributed by atoms with Crippen LogP contribution < -0.4 is 5.32 Å². The van der Waals surface area contributed by atoms with Crippen molar-refractivity contribution in [3.8, 4) is 0 Å². The largest absolute Gasteiger partial charge is 0.465 e. The van der Waals surface area contributed by atoms with Crippen molar-refractivity contribution in [1.82, 2.24) is 10.3 Å². The van der Waals surface area contributed by atoms with Gasteiger partial charge in [0, 0.05) is 11.1 Å². The van der Waals surface area contributed by atoms with Crippen LogP contribution in [0.5, 0.6) is 0 Å². The molecule has 0 saturated heterocycles. The zero-order valence-corrected chi connectivity index (χ0v) is 11.6. The van der Waals surface area contributed by atoms with Crippen molar-refractivity contribution >= 4 is 17.3 Å². The molecule has 0 amide bonds. The summed E-state index contributed by atoms with van der Waals surface area (Å²) in [5, 5.41) is 5.93. The Labute approximate surface area is 106 Å². The predicted molar refractivity (Wildman–Crippen MR) is 69.1 cm³/mol. The van der Waals surface area contributed by atoms with Gasteiger partial charge in [-0.25, -0.2) is 9.78 Å². The molecule has 1 N–H and O–H groups in total. The summed E-state index contributed by atoms with van der Waals surface area (Å²) >= 11 is 1.49. The highest BCUT2D eigenvalue weighted by Gasteiger charge is 2.24. The number of aromatic nitrogens is 1. The van der Waals surface area contributed by atoms with Gasteiger partial charge in [0.25, 0.3) is 0 Å². The molecule has 1 aromatic rings. The average Bonchev–Trinajstić information content (AvgIpc) is 2.65. The summed E-state index contributed by atoms with van der Waals surface area (Å²) in [6, 6.07) is -0.434. The monoisotopic (exact) mass is 256 g/mol. The van der Waals surface area contributed by atoms with E-state index in [2.05, 4.69) is 24.1 Å². The molecule has 4 nitrogen and oxygen atoms in total. The molecule has 0 aliphatic carbocycles. The van der Waals surface area contributed by atoms with E-state index in [0.29, 0.717) is 12.5 Å². The van der Waals surface area contributed by atoms with E-state index in [1.165, 1.54) is 11.3 Å². The highest BCUT2D eigenvalue weighted by Crippen LogP contribution is 2.19. The van der Waals surface area contributed by atoms with E-state index in [1.807, 2.05) is 19.2 Å². The molecule has 96 valence electrons. The predicted octanol–water partition coefficient (Wildman–Crippen LogP) is 2.30. The lowest BCUT2D eigenvalue weighted by Crippen LogP contribution is -2.32. The number of esters is 1. The lowest BCUT2D eigenvalue weighted by Gasteiger charge is -2.16. The summed E-state index contributed by atoms with van der Waals surface area (Å²) < 4.78 is 5.07. The Morgan fingerprint density at radius 1 is 1.59 bits per heavy atom. The van der Waals surface area contributed by atoms with Crippen molar-refractivity contribution in [2.75, 3.05) is 13.2 Å². The number of thiazole rings is 1. The molecule has 0 fully saturated rings. The zero-order valence-electron chi connectivity index (χ0n) is 10.8. The SMILES string of the molecule is CCOC(=O)C(NCC(C)C)c1nc(C)cs1. The van der Waals surface area contributed by atoms with Crippen LogP contribution in [0, 0.1) is 12.8 Å². The average molecular weight is 256 g/mol. The van der Waals surface area contributed by atoms with Gasteiger partial charge in [-0.1, -0.05) is 13.8 Å². The van der Waals surface area contributed by atoms with Gasteiger partial charge < -0.3 is 4.74 Å². The fraction of sp³-hybridized carbons (Fsp3) is 0.667. The number of nitrogens with zero attached hydrogens (tertiary/aromatic N) is 1. The van der Waals surface area contributed by atoms with Gasteiger partial charge in [-0.05, 0) is 26.3 Å². The quantitative estimate of drug-likeness (QED) is 0.793. The van der Waals surface area contributed by atoms with Gasteiger partial charge in [0.05, 0.1) is 6.61 Å². The molecule has 0 saturated carbocycles. The van der Waals surface area contributed by atoms with E-state index in [9.17, 15) is 4.79 Å². The molecule has 1 aromatic heterocycles. The molecule has 0 aliphatic heterocycles. The van der Waals surface area contributed by atoms with Crippen LogP contribution in [0.4, 0.5) is 0 Å². The smallest absolute Gasteiger partial charge is 0.330 e. The Balaban J connectivity index is 2.74. The van der Waals surface area contributed by atoms with Crippen LogP contribution in [0.15, 0.2) is 5.38 Å². The summed E-state index contributed by atoms with van der Waals surface area (Å²) in [6.45, 7) is 9.09. The van der Waals surface area contributed by atoms with Crippen molar-refractivity contribution in [1.29, 1.82) is 0 Å². The fourth-order valence-corrected chi connectivity index (χ4v) is 2.21. The molecule has 1 unspecified atom stereocenters. The van der Waals surface area contributed by atoms with Gasteiger partial charge in [0.2, 0.25) is 0 Å². The Kier molecular flexibility index (Phi) is 5.58. The van der Waals surface area contributed by atoms with Crippen LogP contribution in [0.1, 0.15) is 37.5 Å². The zero-order chi connectivity index (χ0) is 12.8. The molecule has 17 heavy (non-hydrogen) atoms. The molecule has 0 bridgehead atoms. The summed E-state index contributed by atoms with van der Waals surface area (Å²) in [7, 11) is 0. The van der Waals surface area contributed by atoms with Crippen molar-refractivity contribution in [3.05, 3.63) is 16.1 Å². The van der Waals surface area contributed by atoms with Gasteiger partial charge in [-0.15, -0.1) is 11.3 Å². The molecule has 1 atom stereocenters. The molecule has 0 spiro atoms. The van der Waals surface area contributed by atoms with E-state index < -0.39 is 6.04 Å². The second kappa shape index (κ2) is 6.71. The molecule has 0 aliphatic rings. The molecule has 1 heterocycles. The Bertz CT molecular complexity index is 363. The maximum atomic E-state index is 11.8. The standard InChI is InChI=1S/C12H20N2O2S/c1-5-16-12(15)10(13-6-8(2)3)11-14-9(4)7-17-11/h7-8,10,13H,5-6H2,1-4H3. The Hall–Kier alpha value is -0.940. The highest BCUT2D eigenvalue weighted by molar-refractivity contribution is 7.09. The van der Waals surface area contributed by atoms with Crippen LogP contribution in [-0.2, 0) is 9.53 Å². The lowest BCUT2D eigenvalue weighted by atomic mass is 10.2. The first-order valence-corrected chi connectivity index (χ1v) is 6.74. The number of hydrogen-bond acceptors (Lipinski definition) is 5. The molecule has 0 radical (unpaired) electrons. The van der Waals surface area contributed by atoms with Crippen LogP contribution in [-0.4, -0.2) is 24.1 Å². The van der Waals surface area contributed by atoms with E-state index in [1.54, 1.807) is 0 Å². The number of hydrogen-bond donors (Lipinski definition) is 1. The van der Waals surface area contributed by atoms with E-state index in [0.717, 1.165) is 17.2 Å². The van der Waals surface area contributed by atoms with Gasteiger partial charge in [-0.3, -0.25) is 5.32 Å². The molecule has 1 rings (SSSR count). The van der Waals surface area contributed by atoms with Crippen molar-refractivity contribution in [2.24, 2.45) is 5.92 Å². The third-order valence-corrected chi connectivity index (χ3v) is 3.16. The van der Waals surface area contributed by atoms with Crippen LogP contribution in [0.2, 0.25) is 0 Å². The number of rotatable bonds is 6. The van der Waals surface area contributed by atoms with Gasteiger partial charge in [0.1, 0.15) is 5.01 Å². The minimum absolute atomic E-state index is 0.248. The van der Waals surface area contributed by atoms with Gasteiger partial charge >= 0.3 is 5.97 Å². The van der Waals surface area contributed by atoms with Gasteiger partial charge in [-0.2, -0.15) is 0 Å². The first-order valence-electron chi connectivity index (χ1n) is 5.86. The number of ether oxygens (including phenoxy) is 1. The lowest BCUT2D eigenvalue weighted by molar-refractivity contribution is -0.145. The summed E-state index contributed by atoms with van der Waals surface area (Å²) in [4.78, 5) is 16.2. The Morgan fingerprint density at radius 3 is 2.76 bits per heavy atom. The van der Waals surface area contributed by atoms with E-state index >= 15 is 0 Å². The number of carbonyl (C=O) groups is 1. The minimum atomic E-state index is -0.434. The third-order valence-electron chi connectivity index (χ3n) is 2.14. The summed E-state index contributed by atoms with van der Waals surface area (Å²) in [6.07, 6.45) is 0. The van der Waals surface area contributed by atoms with Crippen molar-refractivity contribution < 1.29 is 9.53 Å². The fourth-order valence-electron chi connectivity index (χ4n) is 1.36. The van der Waals surface area contributed by atoms with Crippen LogP contribution >= 0.6 is 11.3 Å². The summed E-state index contributed by atoms with van der Waals surface area (Å²) in [5.74, 6) is 0.232. The van der Waals surface area contributed by atoms with E-state index in [-0.39, 0.29) is 5.97 Å². The topological polar surface area (TPSA) is 51.2 Å². The number of nitrogens with one attached hydrogen (secondary N) is 1. The second-order valence-electron chi connectivity index (χ2n) is 4.31. The maximum Gasteiger partial charge on any atom is 0.330 e. The minimum Gasteiger partial charge on any atom is -0.465 e. The maximum absolute atomic E-state index is 11.8. The highest BCUT2D eigenvalue weighted by atomic mass is 32.1. The molecule has 0 aromatic carbocycles. The number of aryl methyl sites for hydroxylation is 1. The molecular weight excluding hydrogens is 236 g/mol. The Morgan fingerprint density at radius 2 is 2.29 bits per heavy atom. The van der Waals surface area contributed by atoms with Crippen LogP contribution in [0.3, 0.4) is 0 Å². The summed E-state index contributed by atoms with van der Waals surface area (Å²) in [5.41, 5.74) is 0.936. The first kappa shape index (κ1) is 14.1. The van der Waals surface area contributed by atoms with E-state index in [4.69, 9.17) is 4.74 Å². The second-order valence-corrected chi connectivity index (χ2v) is 5.20. The molecule has 5 heteroatoms. The molecular formula is C12H20N2O2S. The number of carbonyl (C=O) groups excluding carboxylic acids is 1. The van der Waals surface area contributed by atoms with Crippen molar-refractivity contribution in [2.45, 2.75) is 33.7 Å². The van der Waals surface area contributed by atoms with Crippen molar-refractivity contribution in [3.63, 3.8) is 0 Å².